The van der Waals surface area contributed by atoms with Gasteiger partial charge in [-0.05, 0) is 75.2 Å². The number of Topliss-reactive ketones (excluding diaryl/α,β-unsaturated/α-hetero) is 1. The molecule has 40 heavy (non-hydrogen) atoms. The summed E-state index contributed by atoms with van der Waals surface area (Å²) in [6.45, 7) is 0. The van der Waals surface area contributed by atoms with Crippen molar-refractivity contribution in [3.05, 3.63) is 165 Å². The number of hydrogen-bond acceptors (Lipinski definition) is 2. The highest BCUT2D eigenvalue weighted by Gasteiger charge is 2.31. The number of rotatable bonds is 5. The highest BCUT2D eigenvalue weighted by atomic mass is 16.1. The van der Waals surface area contributed by atoms with Crippen molar-refractivity contribution < 1.29 is 4.79 Å². The maximum atomic E-state index is 14.0. The molecular weight excluding hydrogens is 486 g/mol. The third-order valence-electron chi connectivity index (χ3n) is 8.43. The van der Waals surface area contributed by atoms with Crippen molar-refractivity contribution in [3.8, 4) is 11.1 Å². The normalized spacial score (nSPS) is 18.6. The molecule has 0 radical (unpaired) electrons. The summed E-state index contributed by atoms with van der Waals surface area (Å²) < 4.78 is 0. The Kier molecular flexibility index (Phi) is 6.37. The zero-order chi connectivity index (χ0) is 26.9. The Bertz CT molecular complexity index is 1810. The largest absolute Gasteiger partial charge is 0.364 e. The van der Waals surface area contributed by atoms with Crippen molar-refractivity contribution in [2.45, 2.75) is 25.2 Å². The van der Waals surface area contributed by atoms with Crippen LogP contribution in [0.3, 0.4) is 0 Å². The monoisotopic (exact) mass is 517 g/mol. The van der Waals surface area contributed by atoms with Crippen molar-refractivity contribution in [1.29, 1.82) is 0 Å². The number of carbonyl (C=O) groups excluding carboxylic acids is 1. The van der Waals surface area contributed by atoms with Gasteiger partial charge in [0.2, 0.25) is 0 Å². The minimum atomic E-state index is -0.201. The van der Waals surface area contributed by atoms with E-state index in [0.717, 1.165) is 30.5 Å². The van der Waals surface area contributed by atoms with E-state index in [0.29, 0.717) is 0 Å². The van der Waals surface area contributed by atoms with E-state index in [9.17, 15) is 4.79 Å². The van der Waals surface area contributed by atoms with Crippen LogP contribution in [0.25, 0.3) is 23.3 Å². The van der Waals surface area contributed by atoms with Gasteiger partial charge in [0.15, 0.2) is 5.78 Å². The van der Waals surface area contributed by atoms with Gasteiger partial charge in [-0.25, -0.2) is 0 Å². The van der Waals surface area contributed by atoms with Crippen molar-refractivity contribution in [2.75, 3.05) is 0 Å². The van der Waals surface area contributed by atoms with Gasteiger partial charge in [-0.15, -0.1) is 0 Å². The van der Waals surface area contributed by atoms with Gasteiger partial charge in [0.1, 0.15) is 0 Å². The average Bonchev–Trinajstić information content (AvgIpc) is 3.30. The summed E-state index contributed by atoms with van der Waals surface area (Å²) in [6.07, 6.45) is 17.4. The smallest absolute Gasteiger partial charge is 0.169 e. The molecule has 0 aromatic heterocycles. The lowest BCUT2D eigenvalue weighted by atomic mass is 9.75. The molecule has 3 aliphatic rings. The fraction of sp³-hybridized carbons (Fsp3) is 0.132. The maximum Gasteiger partial charge on any atom is 0.169 e. The lowest BCUT2D eigenvalue weighted by Gasteiger charge is -2.30. The van der Waals surface area contributed by atoms with Gasteiger partial charge in [-0.2, -0.15) is 0 Å². The first-order chi connectivity index (χ1) is 19.7. The molecule has 0 spiro atoms. The Balaban J connectivity index is 1.29. The Morgan fingerprint density at radius 1 is 0.750 bits per heavy atom. The molecule has 1 heterocycles. The number of nitrogens with one attached hydrogen (secondary N) is 1. The number of hydrogen-bond donors (Lipinski definition) is 1. The topological polar surface area (TPSA) is 29.1 Å². The molecule has 0 bridgehead atoms. The molecule has 0 saturated heterocycles. The second-order valence-electron chi connectivity index (χ2n) is 10.9. The molecule has 2 heteroatoms. The second kappa shape index (κ2) is 10.5. The molecule has 2 unspecified atom stereocenters. The van der Waals surface area contributed by atoms with Crippen molar-refractivity contribution in [3.63, 3.8) is 0 Å². The van der Waals surface area contributed by atoms with Crippen LogP contribution in [0.4, 0.5) is 0 Å². The summed E-state index contributed by atoms with van der Waals surface area (Å²) in [5.41, 5.74) is 9.61. The molecule has 7 rings (SSSR count). The molecule has 0 saturated carbocycles. The van der Waals surface area contributed by atoms with E-state index in [2.05, 4.69) is 102 Å². The number of allylic oxidation sites excluding steroid dienone is 5. The first kappa shape index (κ1) is 24.4. The van der Waals surface area contributed by atoms with Crippen molar-refractivity contribution in [1.82, 2.24) is 5.32 Å². The minimum absolute atomic E-state index is 0.106. The van der Waals surface area contributed by atoms with Gasteiger partial charge in [0.25, 0.3) is 0 Å². The predicted octanol–water partition coefficient (Wildman–Crippen LogP) is 6.60. The van der Waals surface area contributed by atoms with Crippen molar-refractivity contribution in [2.24, 2.45) is 5.92 Å². The van der Waals surface area contributed by atoms with Crippen LogP contribution in [-0.2, 0) is 12.8 Å². The highest BCUT2D eigenvalue weighted by Crippen LogP contribution is 2.35. The van der Waals surface area contributed by atoms with Crippen LogP contribution in [-0.4, -0.2) is 5.78 Å². The van der Waals surface area contributed by atoms with Gasteiger partial charge in [0.05, 0.1) is 0 Å². The summed E-state index contributed by atoms with van der Waals surface area (Å²) >= 11 is 0. The molecule has 0 amide bonds. The summed E-state index contributed by atoms with van der Waals surface area (Å²) in [6, 6.07) is 31.9. The van der Waals surface area contributed by atoms with Gasteiger partial charge >= 0.3 is 0 Å². The quantitative estimate of drug-likeness (QED) is 0.302. The SMILES string of the molecule is O=C(c1ccc(Cc2ccccc2)cc1)C1C=c2c(ccc3c2=CCc2ccccc2-3)C(C2=CC=CC=CN2)C1. The van der Waals surface area contributed by atoms with E-state index < -0.39 is 0 Å². The van der Waals surface area contributed by atoms with Crippen LogP contribution in [0.2, 0.25) is 0 Å². The van der Waals surface area contributed by atoms with E-state index in [1.54, 1.807) is 0 Å². The predicted molar refractivity (Wildman–Crippen MR) is 164 cm³/mol. The molecule has 194 valence electrons. The number of ketones is 1. The standard InChI is InChI=1S/C38H31NO/c40-38(29-16-14-27(15-17-29)23-26-9-3-1-4-10-26)30-24-35-33-19-18-28-11-6-7-12-31(28)32(33)20-21-34(35)36(25-30)37-13-5-2-8-22-39-37/h1-17,19-22,24,30,36,39H,18,23,25H2. The Morgan fingerprint density at radius 2 is 1.55 bits per heavy atom. The number of benzene rings is 4. The van der Waals surface area contributed by atoms with Gasteiger partial charge < -0.3 is 5.32 Å². The van der Waals surface area contributed by atoms with Gasteiger partial charge in [-0.3, -0.25) is 4.79 Å². The first-order valence-corrected chi connectivity index (χ1v) is 14.1. The maximum absolute atomic E-state index is 14.0. The Labute approximate surface area is 235 Å². The Hall–Kier alpha value is -4.69. The van der Waals surface area contributed by atoms with Crippen LogP contribution in [0.15, 0.2) is 127 Å². The van der Waals surface area contributed by atoms with Crippen LogP contribution >= 0.6 is 0 Å². The molecule has 4 aromatic carbocycles. The summed E-state index contributed by atoms with van der Waals surface area (Å²) in [5, 5.41) is 5.97. The second-order valence-corrected chi connectivity index (χ2v) is 10.9. The van der Waals surface area contributed by atoms with E-state index in [1.807, 2.05) is 36.6 Å². The van der Waals surface area contributed by atoms with E-state index in [-0.39, 0.29) is 17.6 Å². The molecule has 1 aliphatic heterocycles. The summed E-state index contributed by atoms with van der Waals surface area (Å²) in [4.78, 5) is 14.0. The van der Waals surface area contributed by atoms with Crippen LogP contribution in [0, 0.1) is 5.92 Å². The zero-order valence-corrected chi connectivity index (χ0v) is 22.4. The molecule has 1 N–H and O–H groups in total. The average molecular weight is 518 g/mol. The highest BCUT2D eigenvalue weighted by molar-refractivity contribution is 6.01. The van der Waals surface area contributed by atoms with E-state index >= 15 is 0 Å². The van der Waals surface area contributed by atoms with Crippen molar-refractivity contribution >= 4 is 17.9 Å². The molecule has 4 aromatic rings. The summed E-state index contributed by atoms with van der Waals surface area (Å²) in [7, 11) is 0. The van der Waals surface area contributed by atoms with Crippen LogP contribution in [0.1, 0.15) is 45.0 Å². The van der Waals surface area contributed by atoms with E-state index in [4.69, 9.17) is 0 Å². The zero-order valence-electron chi connectivity index (χ0n) is 22.4. The minimum Gasteiger partial charge on any atom is -0.364 e. The fourth-order valence-electron chi connectivity index (χ4n) is 6.42. The molecule has 2 aliphatic carbocycles. The number of fused-ring (bicyclic) bond motifs is 5. The molecule has 2 nitrogen and oxygen atoms in total. The fourth-order valence-corrected chi connectivity index (χ4v) is 6.42. The molecule has 2 atom stereocenters. The summed E-state index contributed by atoms with van der Waals surface area (Å²) in [5.74, 6) is 0.0964. The van der Waals surface area contributed by atoms with Crippen LogP contribution in [0.5, 0.6) is 0 Å². The van der Waals surface area contributed by atoms with Gasteiger partial charge in [-0.1, -0.05) is 115 Å². The molecule has 0 fully saturated rings. The lowest BCUT2D eigenvalue weighted by molar-refractivity contribution is 0.0944. The van der Waals surface area contributed by atoms with E-state index in [1.165, 1.54) is 43.8 Å². The Morgan fingerprint density at radius 3 is 2.42 bits per heavy atom. The molecular formula is C38H31NO. The number of carbonyl (C=O) groups is 1. The van der Waals surface area contributed by atoms with Gasteiger partial charge in [0, 0.05) is 29.3 Å². The van der Waals surface area contributed by atoms with Crippen LogP contribution < -0.4 is 15.8 Å². The first-order valence-electron chi connectivity index (χ1n) is 14.1. The third kappa shape index (κ3) is 4.56. The lowest BCUT2D eigenvalue weighted by Crippen LogP contribution is -2.39. The third-order valence-corrected chi connectivity index (χ3v) is 8.43.